The number of carbonyl (C=O) groups is 1. The smallest absolute Gasteiger partial charge is 0.222 e. The molecule has 5 heteroatoms. The lowest BCUT2D eigenvalue weighted by Crippen LogP contribution is -2.59. The first kappa shape index (κ1) is 21.8. The summed E-state index contributed by atoms with van der Waals surface area (Å²) in [5, 5.41) is 0. The first-order valence-electron chi connectivity index (χ1n) is 10.7. The van der Waals surface area contributed by atoms with Crippen molar-refractivity contribution in [3.8, 4) is 0 Å². The Morgan fingerprint density at radius 2 is 1.89 bits per heavy atom. The summed E-state index contributed by atoms with van der Waals surface area (Å²) in [6, 6.07) is 0.484. The molecule has 3 heterocycles. The minimum absolute atomic E-state index is 0.364. The highest BCUT2D eigenvalue weighted by molar-refractivity contribution is 5.78. The van der Waals surface area contributed by atoms with Gasteiger partial charge in [0, 0.05) is 57.5 Å². The zero-order valence-electron chi connectivity index (χ0n) is 17.8. The molecule has 0 aliphatic carbocycles. The molecular weight excluding hydrogens is 336 g/mol. The Kier molecular flexibility index (Phi) is 8.71. The summed E-state index contributed by atoms with van der Waals surface area (Å²) in [5.74, 6) is 0.364. The third kappa shape index (κ3) is 5.76. The molecule has 1 amide bonds. The molecule has 3 rings (SSSR count). The maximum Gasteiger partial charge on any atom is 0.222 e. The highest BCUT2D eigenvalue weighted by Crippen LogP contribution is 2.24. The second-order valence-corrected chi connectivity index (χ2v) is 7.58. The molecule has 0 N–H and O–H groups in total. The van der Waals surface area contributed by atoms with Crippen LogP contribution < -0.4 is 0 Å². The summed E-state index contributed by atoms with van der Waals surface area (Å²) in [6.45, 7) is 19.6. The van der Waals surface area contributed by atoms with E-state index in [2.05, 4.69) is 33.2 Å². The van der Waals surface area contributed by atoms with Crippen LogP contribution in [0, 0.1) is 0 Å². The molecule has 0 radical (unpaired) electrons. The summed E-state index contributed by atoms with van der Waals surface area (Å²) in [5.41, 5.74) is 3.68. The van der Waals surface area contributed by atoms with Gasteiger partial charge in [0.05, 0.1) is 6.04 Å². The van der Waals surface area contributed by atoms with Gasteiger partial charge in [-0.2, -0.15) is 0 Å². The van der Waals surface area contributed by atoms with E-state index in [-0.39, 0.29) is 0 Å². The van der Waals surface area contributed by atoms with Crippen molar-refractivity contribution in [3.05, 3.63) is 23.4 Å². The van der Waals surface area contributed by atoms with Crippen molar-refractivity contribution in [2.75, 3.05) is 45.8 Å². The molecule has 0 unspecified atom stereocenters. The SMILES string of the molecule is C=C(C)C1=C(N=CC)CCN(CCCN2CC(N3CCCC3=O)C2)C1.CC. The maximum absolute atomic E-state index is 11.8. The van der Waals surface area contributed by atoms with Crippen LogP contribution in [0.5, 0.6) is 0 Å². The Hall–Kier alpha value is -1.46. The van der Waals surface area contributed by atoms with Gasteiger partial charge in [0.25, 0.3) is 0 Å². The second-order valence-electron chi connectivity index (χ2n) is 7.58. The molecule has 3 aliphatic rings. The number of hydrogen-bond donors (Lipinski definition) is 0. The topological polar surface area (TPSA) is 39.1 Å². The summed E-state index contributed by atoms with van der Waals surface area (Å²) < 4.78 is 0. The summed E-state index contributed by atoms with van der Waals surface area (Å²) in [6.07, 6.45) is 5.91. The van der Waals surface area contributed by atoms with E-state index in [1.54, 1.807) is 0 Å². The Morgan fingerprint density at radius 1 is 1.19 bits per heavy atom. The number of likely N-dealkylation sites (tertiary alicyclic amines) is 2. The summed E-state index contributed by atoms with van der Waals surface area (Å²) >= 11 is 0. The molecule has 0 aromatic rings. The van der Waals surface area contributed by atoms with Crippen LogP contribution in [0.4, 0.5) is 0 Å². The lowest BCUT2D eigenvalue weighted by Gasteiger charge is -2.44. The molecular formula is C22H38N4O. The van der Waals surface area contributed by atoms with Crippen molar-refractivity contribution in [1.82, 2.24) is 14.7 Å². The van der Waals surface area contributed by atoms with Crippen LogP contribution in [0.25, 0.3) is 0 Å². The number of carbonyl (C=O) groups excluding carboxylic acids is 1. The molecule has 0 aromatic heterocycles. The van der Waals surface area contributed by atoms with Crippen molar-refractivity contribution in [2.45, 2.75) is 59.4 Å². The zero-order chi connectivity index (χ0) is 19.8. The highest BCUT2D eigenvalue weighted by Gasteiger charge is 2.36. The Morgan fingerprint density at radius 3 is 2.48 bits per heavy atom. The lowest BCUT2D eigenvalue weighted by atomic mass is 10.0. The van der Waals surface area contributed by atoms with Crippen molar-refractivity contribution < 1.29 is 4.79 Å². The van der Waals surface area contributed by atoms with Crippen molar-refractivity contribution >= 4 is 12.1 Å². The van der Waals surface area contributed by atoms with Gasteiger partial charge in [0.15, 0.2) is 0 Å². The average molecular weight is 375 g/mol. The molecule has 152 valence electrons. The van der Waals surface area contributed by atoms with Crippen LogP contribution in [0.1, 0.15) is 53.4 Å². The molecule has 0 saturated carbocycles. The fourth-order valence-corrected chi connectivity index (χ4v) is 4.17. The van der Waals surface area contributed by atoms with Gasteiger partial charge in [-0.15, -0.1) is 0 Å². The zero-order valence-corrected chi connectivity index (χ0v) is 17.8. The average Bonchev–Trinajstić information content (AvgIpc) is 3.05. The van der Waals surface area contributed by atoms with Crippen molar-refractivity contribution in [2.24, 2.45) is 4.99 Å². The molecule has 3 aliphatic heterocycles. The lowest BCUT2D eigenvalue weighted by molar-refractivity contribution is -0.132. The van der Waals surface area contributed by atoms with E-state index in [1.807, 2.05) is 27.0 Å². The number of aliphatic imine (C=N–C) groups is 1. The third-order valence-electron chi connectivity index (χ3n) is 5.63. The molecule has 2 saturated heterocycles. The van der Waals surface area contributed by atoms with E-state index in [4.69, 9.17) is 0 Å². The van der Waals surface area contributed by atoms with Crippen LogP contribution in [0.3, 0.4) is 0 Å². The molecule has 0 spiro atoms. The monoisotopic (exact) mass is 374 g/mol. The standard InChI is InChI=1S/C20H32N4O.C2H6/c1-4-21-19-8-12-22(15-18(19)16(2)3)9-6-10-23-13-17(14-23)24-11-5-7-20(24)25;1-2/h4,17H,2,5-15H2,1,3H3;1-2H3. The van der Waals surface area contributed by atoms with E-state index in [9.17, 15) is 4.79 Å². The predicted molar refractivity (Wildman–Crippen MR) is 114 cm³/mol. The molecule has 2 fully saturated rings. The Balaban J connectivity index is 0.00000126. The molecule has 0 aromatic carbocycles. The quantitative estimate of drug-likeness (QED) is 0.642. The Bertz CT molecular complexity index is 575. The minimum atomic E-state index is 0.364. The van der Waals surface area contributed by atoms with Gasteiger partial charge >= 0.3 is 0 Å². The summed E-state index contributed by atoms with van der Waals surface area (Å²) in [4.78, 5) is 23.4. The van der Waals surface area contributed by atoms with Gasteiger partial charge in [-0.1, -0.05) is 26.0 Å². The van der Waals surface area contributed by atoms with Crippen LogP contribution in [-0.2, 0) is 4.79 Å². The van der Waals surface area contributed by atoms with Gasteiger partial charge < -0.3 is 4.90 Å². The van der Waals surface area contributed by atoms with Crippen LogP contribution in [0.2, 0.25) is 0 Å². The minimum Gasteiger partial charge on any atom is -0.337 e. The Labute approximate surface area is 165 Å². The largest absolute Gasteiger partial charge is 0.337 e. The molecule has 5 nitrogen and oxygen atoms in total. The molecule has 0 atom stereocenters. The first-order valence-corrected chi connectivity index (χ1v) is 10.7. The highest BCUT2D eigenvalue weighted by atomic mass is 16.2. The number of nitrogens with zero attached hydrogens (tertiary/aromatic N) is 4. The van der Waals surface area contributed by atoms with Crippen LogP contribution in [-0.4, -0.2) is 78.7 Å². The van der Waals surface area contributed by atoms with Crippen LogP contribution in [0.15, 0.2) is 28.4 Å². The normalized spacial score (nSPS) is 22.2. The molecule has 0 bridgehead atoms. The molecule has 27 heavy (non-hydrogen) atoms. The summed E-state index contributed by atoms with van der Waals surface area (Å²) in [7, 11) is 0. The van der Waals surface area contributed by atoms with E-state index < -0.39 is 0 Å². The van der Waals surface area contributed by atoms with Gasteiger partial charge in [0.1, 0.15) is 0 Å². The van der Waals surface area contributed by atoms with Crippen LogP contribution >= 0.6 is 0 Å². The van der Waals surface area contributed by atoms with Gasteiger partial charge in [-0.25, -0.2) is 0 Å². The number of hydrogen-bond acceptors (Lipinski definition) is 4. The van der Waals surface area contributed by atoms with E-state index in [1.165, 1.54) is 17.7 Å². The van der Waals surface area contributed by atoms with E-state index >= 15 is 0 Å². The predicted octanol–water partition coefficient (Wildman–Crippen LogP) is 3.34. The maximum atomic E-state index is 11.8. The number of amides is 1. The van der Waals surface area contributed by atoms with Crippen molar-refractivity contribution in [1.29, 1.82) is 0 Å². The fourth-order valence-electron chi connectivity index (χ4n) is 4.17. The van der Waals surface area contributed by atoms with Gasteiger partial charge in [-0.05, 0) is 45.4 Å². The number of rotatable bonds is 7. The fraction of sp³-hybridized carbons (Fsp3) is 0.727. The third-order valence-corrected chi connectivity index (χ3v) is 5.63. The van der Waals surface area contributed by atoms with Gasteiger partial charge in [-0.3, -0.25) is 19.6 Å². The first-order chi connectivity index (χ1) is 13.1. The van der Waals surface area contributed by atoms with Crippen molar-refractivity contribution in [3.63, 3.8) is 0 Å². The van der Waals surface area contributed by atoms with E-state index in [0.29, 0.717) is 11.9 Å². The second kappa shape index (κ2) is 10.8. The van der Waals surface area contributed by atoms with Gasteiger partial charge in [0.2, 0.25) is 5.91 Å². The van der Waals surface area contributed by atoms with E-state index in [0.717, 1.165) is 70.6 Å².